The zero-order chi connectivity index (χ0) is 13.9. The molecule has 5 heteroatoms. The molecule has 5 nitrogen and oxygen atoms in total. The molecule has 1 aromatic heterocycles. The topological polar surface area (TPSA) is 69.2 Å². The van der Waals surface area contributed by atoms with Crippen LogP contribution in [0.15, 0.2) is 65.3 Å². The van der Waals surface area contributed by atoms with Crippen LogP contribution in [0.25, 0.3) is 22.7 Å². The van der Waals surface area contributed by atoms with Crippen molar-refractivity contribution in [3.05, 3.63) is 71.0 Å². The first-order valence-corrected chi connectivity index (χ1v) is 6.00. The maximum Gasteiger partial charge on any atom is 0.270 e. The van der Waals surface area contributed by atoms with Crippen molar-refractivity contribution in [2.45, 2.75) is 0 Å². The van der Waals surface area contributed by atoms with Gasteiger partial charge in [-0.1, -0.05) is 30.3 Å². The Morgan fingerprint density at radius 1 is 1.00 bits per heavy atom. The van der Waals surface area contributed by atoms with E-state index in [4.69, 9.17) is 4.42 Å². The fourth-order valence-electron chi connectivity index (χ4n) is 1.90. The Balaban J connectivity index is 1.98. The molecule has 0 amide bonds. The SMILES string of the molecule is O=[N+]([O-])c1cccc(-c2coc(-c3ccccc3)n2)c1. The first-order valence-electron chi connectivity index (χ1n) is 6.00. The van der Waals surface area contributed by atoms with Crippen molar-refractivity contribution in [1.82, 2.24) is 4.98 Å². The van der Waals surface area contributed by atoms with Crippen molar-refractivity contribution in [3.8, 4) is 22.7 Å². The lowest BCUT2D eigenvalue weighted by Crippen LogP contribution is -1.88. The van der Waals surface area contributed by atoms with Gasteiger partial charge in [0.15, 0.2) is 0 Å². The van der Waals surface area contributed by atoms with Gasteiger partial charge in [0.1, 0.15) is 12.0 Å². The Bertz CT molecular complexity index is 751. The zero-order valence-corrected chi connectivity index (χ0v) is 10.4. The maximum absolute atomic E-state index is 10.8. The molecule has 2 aromatic carbocycles. The van der Waals surface area contributed by atoms with Gasteiger partial charge in [-0.15, -0.1) is 0 Å². The lowest BCUT2D eigenvalue weighted by molar-refractivity contribution is -0.384. The Hall–Kier alpha value is -2.95. The van der Waals surface area contributed by atoms with E-state index < -0.39 is 4.92 Å². The van der Waals surface area contributed by atoms with Crippen LogP contribution in [-0.4, -0.2) is 9.91 Å². The lowest BCUT2D eigenvalue weighted by atomic mass is 10.1. The second-order valence-corrected chi connectivity index (χ2v) is 4.21. The molecular weight excluding hydrogens is 256 g/mol. The molecule has 0 saturated carbocycles. The monoisotopic (exact) mass is 266 g/mol. The molecule has 0 unspecified atom stereocenters. The van der Waals surface area contributed by atoms with Crippen molar-refractivity contribution in [2.24, 2.45) is 0 Å². The highest BCUT2D eigenvalue weighted by molar-refractivity contribution is 5.64. The molecule has 0 bridgehead atoms. The predicted octanol–water partition coefficient (Wildman–Crippen LogP) is 3.92. The first-order chi connectivity index (χ1) is 9.74. The van der Waals surface area contributed by atoms with Crippen LogP contribution in [0.3, 0.4) is 0 Å². The minimum Gasteiger partial charge on any atom is -0.444 e. The third kappa shape index (κ3) is 2.29. The van der Waals surface area contributed by atoms with Gasteiger partial charge in [-0.25, -0.2) is 4.98 Å². The van der Waals surface area contributed by atoms with Crippen LogP contribution in [0, 0.1) is 10.1 Å². The Labute approximate surface area is 114 Å². The molecule has 0 radical (unpaired) electrons. The van der Waals surface area contributed by atoms with E-state index in [1.807, 2.05) is 30.3 Å². The molecule has 3 rings (SSSR count). The molecule has 0 atom stereocenters. The van der Waals surface area contributed by atoms with E-state index in [1.54, 1.807) is 12.1 Å². The third-order valence-electron chi connectivity index (χ3n) is 2.88. The van der Waals surface area contributed by atoms with Gasteiger partial charge in [-0.05, 0) is 12.1 Å². The average Bonchev–Trinajstić information content (AvgIpc) is 2.98. The number of hydrogen-bond donors (Lipinski definition) is 0. The number of rotatable bonds is 3. The standard InChI is InChI=1S/C15H10N2O3/c18-17(19)13-8-4-7-12(9-13)14-10-20-15(16-14)11-5-2-1-3-6-11/h1-10H. The van der Waals surface area contributed by atoms with E-state index >= 15 is 0 Å². The van der Waals surface area contributed by atoms with Gasteiger partial charge in [0.25, 0.3) is 5.69 Å². The highest BCUT2D eigenvalue weighted by Crippen LogP contribution is 2.26. The van der Waals surface area contributed by atoms with Crippen LogP contribution in [0.5, 0.6) is 0 Å². The van der Waals surface area contributed by atoms with Crippen molar-refractivity contribution >= 4 is 5.69 Å². The van der Waals surface area contributed by atoms with Gasteiger partial charge in [0.2, 0.25) is 5.89 Å². The number of nitro groups is 1. The van der Waals surface area contributed by atoms with Gasteiger partial charge in [-0.3, -0.25) is 10.1 Å². The zero-order valence-electron chi connectivity index (χ0n) is 10.4. The number of oxazole rings is 1. The first kappa shape index (κ1) is 12.1. The van der Waals surface area contributed by atoms with Crippen LogP contribution < -0.4 is 0 Å². The molecule has 0 aliphatic carbocycles. The molecule has 0 N–H and O–H groups in total. The number of aromatic nitrogens is 1. The molecule has 1 heterocycles. The highest BCUT2D eigenvalue weighted by Gasteiger charge is 2.11. The fraction of sp³-hybridized carbons (Fsp3) is 0. The normalized spacial score (nSPS) is 10.4. The summed E-state index contributed by atoms with van der Waals surface area (Å²) >= 11 is 0. The Kier molecular flexibility index (Phi) is 3.01. The molecule has 0 aliphatic heterocycles. The van der Waals surface area contributed by atoms with Gasteiger partial charge in [-0.2, -0.15) is 0 Å². The largest absolute Gasteiger partial charge is 0.444 e. The highest BCUT2D eigenvalue weighted by atomic mass is 16.6. The quantitative estimate of drug-likeness (QED) is 0.532. The van der Waals surface area contributed by atoms with Crippen molar-refractivity contribution in [2.75, 3.05) is 0 Å². The Morgan fingerprint density at radius 3 is 2.50 bits per heavy atom. The molecule has 0 saturated heterocycles. The van der Waals surface area contributed by atoms with E-state index in [1.165, 1.54) is 18.4 Å². The number of nitro benzene ring substituents is 1. The lowest BCUT2D eigenvalue weighted by Gasteiger charge is -1.96. The van der Waals surface area contributed by atoms with Gasteiger partial charge in [0.05, 0.1) is 4.92 Å². The predicted molar refractivity (Wildman–Crippen MR) is 74.0 cm³/mol. The number of nitrogens with zero attached hydrogens (tertiary/aromatic N) is 2. The van der Waals surface area contributed by atoms with E-state index in [9.17, 15) is 10.1 Å². The molecular formula is C15H10N2O3. The summed E-state index contributed by atoms with van der Waals surface area (Å²) in [7, 11) is 0. The Morgan fingerprint density at radius 2 is 1.75 bits per heavy atom. The summed E-state index contributed by atoms with van der Waals surface area (Å²) in [5.41, 5.74) is 2.13. The maximum atomic E-state index is 10.8. The summed E-state index contributed by atoms with van der Waals surface area (Å²) in [4.78, 5) is 14.7. The molecule has 3 aromatic rings. The van der Waals surface area contributed by atoms with Crippen LogP contribution in [0.2, 0.25) is 0 Å². The van der Waals surface area contributed by atoms with Gasteiger partial charge < -0.3 is 4.42 Å². The van der Waals surface area contributed by atoms with Crippen molar-refractivity contribution < 1.29 is 9.34 Å². The molecule has 0 spiro atoms. The summed E-state index contributed by atoms with van der Waals surface area (Å²) in [5.74, 6) is 0.493. The molecule has 98 valence electrons. The van der Waals surface area contributed by atoms with Gasteiger partial charge >= 0.3 is 0 Å². The van der Waals surface area contributed by atoms with Gasteiger partial charge in [0, 0.05) is 23.3 Å². The second kappa shape index (κ2) is 4.97. The average molecular weight is 266 g/mol. The second-order valence-electron chi connectivity index (χ2n) is 4.21. The number of hydrogen-bond acceptors (Lipinski definition) is 4. The summed E-state index contributed by atoms with van der Waals surface area (Å²) < 4.78 is 5.42. The van der Waals surface area contributed by atoms with Crippen LogP contribution in [0.1, 0.15) is 0 Å². The summed E-state index contributed by atoms with van der Waals surface area (Å²) in [6.07, 6.45) is 1.50. The minimum atomic E-state index is -0.429. The smallest absolute Gasteiger partial charge is 0.270 e. The van der Waals surface area contributed by atoms with E-state index in [2.05, 4.69) is 4.98 Å². The van der Waals surface area contributed by atoms with Crippen molar-refractivity contribution in [1.29, 1.82) is 0 Å². The summed E-state index contributed by atoms with van der Waals surface area (Å²) in [6.45, 7) is 0. The summed E-state index contributed by atoms with van der Waals surface area (Å²) in [6, 6.07) is 15.8. The summed E-state index contributed by atoms with van der Waals surface area (Å²) in [5, 5.41) is 10.8. The van der Waals surface area contributed by atoms with E-state index in [0.717, 1.165) is 5.56 Å². The van der Waals surface area contributed by atoms with Crippen LogP contribution in [0.4, 0.5) is 5.69 Å². The molecule has 0 aliphatic rings. The molecule has 20 heavy (non-hydrogen) atoms. The molecule has 0 fully saturated rings. The fourth-order valence-corrected chi connectivity index (χ4v) is 1.90. The minimum absolute atomic E-state index is 0.0340. The van der Waals surface area contributed by atoms with E-state index in [-0.39, 0.29) is 5.69 Å². The van der Waals surface area contributed by atoms with Crippen LogP contribution >= 0.6 is 0 Å². The third-order valence-corrected chi connectivity index (χ3v) is 2.88. The number of benzene rings is 2. The number of non-ortho nitro benzene ring substituents is 1. The van der Waals surface area contributed by atoms with Crippen LogP contribution in [-0.2, 0) is 0 Å². The van der Waals surface area contributed by atoms with Crippen molar-refractivity contribution in [3.63, 3.8) is 0 Å². The van der Waals surface area contributed by atoms with E-state index in [0.29, 0.717) is 17.1 Å².